The van der Waals surface area contributed by atoms with Gasteiger partial charge in [-0.25, -0.2) is 0 Å². The number of hydrogen-bond acceptors (Lipinski definition) is 0. The van der Waals surface area contributed by atoms with Crippen LogP contribution in [0.15, 0.2) is 91.0 Å². The molecule has 0 saturated carbocycles. The molecule has 150 valence electrons. The molecule has 0 aliphatic heterocycles. The SMILES string of the molecule is CCc1cccc(-c2ccc(-c3ccccc3CC)c(CC)c2-c2ccccc2)c1. The molecule has 0 atom stereocenters. The van der Waals surface area contributed by atoms with Gasteiger partial charge in [0.05, 0.1) is 0 Å². The molecule has 0 N–H and O–H groups in total. The molecule has 0 bridgehead atoms. The zero-order valence-electron chi connectivity index (χ0n) is 18.3. The van der Waals surface area contributed by atoms with E-state index in [2.05, 4.69) is 112 Å². The minimum Gasteiger partial charge on any atom is -0.0622 e. The van der Waals surface area contributed by atoms with Crippen molar-refractivity contribution in [2.75, 3.05) is 0 Å². The molecule has 4 rings (SSSR count). The van der Waals surface area contributed by atoms with Gasteiger partial charge in [-0.05, 0) is 69.3 Å². The maximum absolute atomic E-state index is 2.35. The smallest absolute Gasteiger partial charge is 0.00672 e. The summed E-state index contributed by atoms with van der Waals surface area (Å²) in [6.45, 7) is 6.75. The Balaban J connectivity index is 2.03. The lowest BCUT2D eigenvalue weighted by atomic mass is 9.83. The summed E-state index contributed by atoms with van der Waals surface area (Å²) in [6, 6.07) is 33.4. The molecule has 0 spiro atoms. The van der Waals surface area contributed by atoms with E-state index in [0.29, 0.717) is 0 Å². The summed E-state index contributed by atoms with van der Waals surface area (Å²) in [4.78, 5) is 0. The van der Waals surface area contributed by atoms with E-state index in [9.17, 15) is 0 Å². The lowest BCUT2D eigenvalue weighted by Gasteiger charge is -2.21. The summed E-state index contributed by atoms with van der Waals surface area (Å²) >= 11 is 0. The van der Waals surface area contributed by atoms with Crippen molar-refractivity contribution in [1.29, 1.82) is 0 Å². The van der Waals surface area contributed by atoms with Gasteiger partial charge in [-0.15, -0.1) is 0 Å². The van der Waals surface area contributed by atoms with Gasteiger partial charge in [0.15, 0.2) is 0 Å². The predicted molar refractivity (Wildman–Crippen MR) is 131 cm³/mol. The number of rotatable bonds is 6. The lowest BCUT2D eigenvalue weighted by Crippen LogP contribution is -1.98. The first kappa shape index (κ1) is 20.2. The summed E-state index contributed by atoms with van der Waals surface area (Å²) in [5.74, 6) is 0. The van der Waals surface area contributed by atoms with E-state index in [1.807, 2.05) is 0 Å². The van der Waals surface area contributed by atoms with Crippen molar-refractivity contribution in [2.24, 2.45) is 0 Å². The monoisotopic (exact) mass is 390 g/mol. The normalized spacial score (nSPS) is 10.9. The van der Waals surface area contributed by atoms with Crippen molar-refractivity contribution < 1.29 is 0 Å². The Hall–Kier alpha value is -3.12. The molecule has 0 aliphatic rings. The van der Waals surface area contributed by atoms with Crippen LogP contribution in [-0.4, -0.2) is 0 Å². The van der Waals surface area contributed by atoms with Crippen molar-refractivity contribution in [3.8, 4) is 33.4 Å². The van der Waals surface area contributed by atoms with Crippen LogP contribution in [0.2, 0.25) is 0 Å². The van der Waals surface area contributed by atoms with Gasteiger partial charge in [0, 0.05) is 0 Å². The van der Waals surface area contributed by atoms with Gasteiger partial charge in [-0.3, -0.25) is 0 Å². The summed E-state index contributed by atoms with van der Waals surface area (Å²) < 4.78 is 0. The topological polar surface area (TPSA) is 0 Å². The second-order valence-corrected chi connectivity index (χ2v) is 7.80. The molecule has 0 unspecified atom stereocenters. The highest BCUT2D eigenvalue weighted by Crippen LogP contribution is 2.41. The van der Waals surface area contributed by atoms with Gasteiger partial charge in [0.25, 0.3) is 0 Å². The fourth-order valence-electron chi connectivity index (χ4n) is 4.49. The second kappa shape index (κ2) is 9.13. The van der Waals surface area contributed by atoms with Gasteiger partial charge in [-0.1, -0.05) is 112 Å². The average molecular weight is 391 g/mol. The maximum atomic E-state index is 2.35. The van der Waals surface area contributed by atoms with E-state index >= 15 is 0 Å². The number of benzene rings is 4. The van der Waals surface area contributed by atoms with E-state index in [1.54, 1.807) is 0 Å². The Morgan fingerprint density at radius 1 is 0.500 bits per heavy atom. The molecule has 0 fully saturated rings. The predicted octanol–water partition coefficient (Wildman–Crippen LogP) is 8.37. The third-order valence-corrected chi connectivity index (χ3v) is 6.06. The van der Waals surface area contributed by atoms with E-state index < -0.39 is 0 Å². The quantitative estimate of drug-likeness (QED) is 0.310. The van der Waals surface area contributed by atoms with Crippen LogP contribution in [0, 0.1) is 0 Å². The molecule has 0 heteroatoms. The third-order valence-electron chi connectivity index (χ3n) is 6.06. The van der Waals surface area contributed by atoms with Crippen molar-refractivity contribution >= 4 is 0 Å². The molecule has 4 aromatic rings. The van der Waals surface area contributed by atoms with Gasteiger partial charge < -0.3 is 0 Å². The molecule has 0 radical (unpaired) electrons. The summed E-state index contributed by atoms with van der Waals surface area (Å²) in [7, 11) is 0. The molecule has 0 aliphatic carbocycles. The Kier molecular flexibility index (Phi) is 6.14. The summed E-state index contributed by atoms with van der Waals surface area (Å²) in [6.07, 6.45) is 3.09. The minimum atomic E-state index is 0.999. The van der Waals surface area contributed by atoms with Gasteiger partial charge >= 0.3 is 0 Å². The van der Waals surface area contributed by atoms with E-state index in [0.717, 1.165) is 19.3 Å². The van der Waals surface area contributed by atoms with Crippen LogP contribution < -0.4 is 0 Å². The molecule has 0 aromatic heterocycles. The highest BCUT2D eigenvalue weighted by Gasteiger charge is 2.17. The zero-order chi connectivity index (χ0) is 20.9. The molecule has 0 heterocycles. The average Bonchev–Trinajstić information content (AvgIpc) is 2.83. The Morgan fingerprint density at radius 2 is 1.20 bits per heavy atom. The molecule has 30 heavy (non-hydrogen) atoms. The molecule has 4 aromatic carbocycles. The molecule has 0 amide bonds. The fourth-order valence-corrected chi connectivity index (χ4v) is 4.49. The van der Waals surface area contributed by atoms with Crippen LogP contribution in [-0.2, 0) is 19.3 Å². The molecule has 0 nitrogen and oxygen atoms in total. The van der Waals surface area contributed by atoms with Gasteiger partial charge in [0.1, 0.15) is 0 Å². The summed E-state index contributed by atoms with van der Waals surface area (Å²) in [5, 5.41) is 0. The Labute approximate surface area is 181 Å². The third kappa shape index (κ3) is 3.83. The van der Waals surface area contributed by atoms with Crippen molar-refractivity contribution in [3.63, 3.8) is 0 Å². The Bertz CT molecular complexity index is 1140. The van der Waals surface area contributed by atoms with Crippen LogP contribution in [0.4, 0.5) is 0 Å². The fraction of sp³-hybridized carbons (Fsp3) is 0.200. The first-order chi connectivity index (χ1) is 14.8. The van der Waals surface area contributed by atoms with Crippen molar-refractivity contribution in [3.05, 3.63) is 108 Å². The molecular formula is C30H30. The van der Waals surface area contributed by atoms with Gasteiger partial charge in [0.2, 0.25) is 0 Å². The minimum absolute atomic E-state index is 0.999. The highest BCUT2D eigenvalue weighted by molar-refractivity contribution is 5.91. The van der Waals surface area contributed by atoms with Crippen LogP contribution in [0.25, 0.3) is 33.4 Å². The van der Waals surface area contributed by atoms with Crippen molar-refractivity contribution in [2.45, 2.75) is 40.0 Å². The number of hydrogen-bond donors (Lipinski definition) is 0. The largest absolute Gasteiger partial charge is 0.0622 e. The second-order valence-electron chi connectivity index (χ2n) is 7.80. The van der Waals surface area contributed by atoms with Crippen LogP contribution >= 0.6 is 0 Å². The number of aryl methyl sites for hydroxylation is 2. The standard InChI is InChI=1S/C30H30/c1-4-22-13-12-17-25(21-22)28-19-20-29(27-18-11-10-14-23(27)5-2)26(6-3)30(28)24-15-8-7-9-16-24/h7-21H,4-6H2,1-3H3. The zero-order valence-corrected chi connectivity index (χ0v) is 18.3. The van der Waals surface area contributed by atoms with E-state index in [4.69, 9.17) is 0 Å². The Morgan fingerprint density at radius 3 is 1.93 bits per heavy atom. The van der Waals surface area contributed by atoms with E-state index in [-0.39, 0.29) is 0 Å². The maximum Gasteiger partial charge on any atom is -0.00672 e. The van der Waals surface area contributed by atoms with Crippen LogP contribution in [0.1, 0.15) is 37.5 Å². The molecular weight excluding hydrogens is 360 g/mol. The van der Waals surface area contributed by atoms with Gasteiger partial charge in [-0.2, -0.15) is 0 Å². The van der Waals surface area contributed by atoms with Crippen LogP contribution in [0.3, 0.4) is 0 Å². The summed E-state index contributed by atoms with van der Waals surface area (Å²) in [5.41, 5.74) is 12.2. The van der Waals surface area contributed by atoms with E-state index in [1.165, 1.54) is 50.1 Å². The van der Waals surface area contributed by atoms with Crippen LogP contribution in [0.5, 0.6) is 0 Å². The highest BCUT2D eigenvalue weighted by atomic mass is 14.2. The first-order valence-electron chi connectivity index (χ1n) is 11.2. The first-order valence-corrected chi connectivity index (χ1v) is 11.2. The lowest BCUT2D eigenvalue weighted by molar-refractivity contribution is 1.12. The molecule has 0 saturated heterocycles. The van der Waals surface area contributed by atoms with Crippen molar-refractivity contribution in [1.82, 2.24) is 0 Å².